The van der Waals surface area contributed by atoms with Crippen molar-refractivity contribution in [1.82, 2.24) is 5.32 Å². The van der Waals surface area contributed by atoms with Gasteiger partial charge < -0.3 is 10.2 Å². The van der Waals surface area contributed by atoms with E-state index in [1.165, 1.54) is 0 Å². The molecule has 0 spiro atoms. The largest absolute Gasteiger partial charge is 0.378 e. The molecule has 0 saturated carbocycles. The highest BCUT2D eigenvalue weighted by Gasteiger charge is 2.08. The van der Waals surface area contributed by atoms with Crippen LogP contribution in [0.15, 0.2) is 42.5 Å². The highest BCUT2D eigenvalue weighted by Crippen LogP contribution is 2.13. The maximum atomic E-state index is 12.2. The zero-order valence-electron chi connectivity index (χ0n) is 13.1. The third kappa shape index (κ3) is 3.85. The summed E-state index contributed by atoms with van der Waals surface area (Å²) in [5, 5.41) is 2.98. The highest BCUT2D eigenvalue weighted by molar-refractivity contribution is 5.95. The molecule has 1 amide bonds. The molecule has 2 rings (SSSR count). The second-order valence-electron chi connectivity index (χ2n) is 5.56. The Hall–Kier alpha value is -2.29. The van der Waals surface area contributed by atoms with Crippen LogP contribution in [-0.4, -0.2) is 20.0 Å². The van der Waals surface area contributed by atoms with Gasteiger partial charge in [0.2, 0.25) is 0 Å². The molecule has 0 aliphatic heterocycles. The van der Waals surface area contributed by atoms with Crippen LogP contribution in [0.3, 0.4) is 0 Å². The van der Waals surface area contributed by atoms with Gasteiger partial charge in [0.15, 0.2) is 0 Å². The lowest BCUT2D eigenvalue weighted by Gasteiger charge is -2.13. The van der Waals surface area contributed by atoms with Gasteiger partial charge in [-0.05, 0) is 43.2 Å². The van der Waals surface area contributed by atoms with Crippen LogP contribution in [-0.2, 0) is 6.54 Å². The first-order valence-electron chi connectivity index (χ1n) is 7.09. The molecular weight excluding hydrogens is 260 g/mol. The number of carbonyl (C=O) groups excluding carboxylic acids is 1. The van der Waals surface area contributed by atoms with Crippen molar-refractivity contribution in [2.24, 2.45) is 0 Å². The highest BCUT2D eigenvalue weighted by atomic mass is 16.1. The van der Waals surface area contributed by atoms with Crippen LogP contribution in [0, 0.1) is 13.8 Å². The second kappa shape index (κ2) is 6.44. The molecule has 1 N–H and O–H groups in total. The predicted molar refractivity (Wildman–Crippen MR) is 87.9 cm³/mol. The zero-order valence-corrected chi connectivity index (χ0v) is 13.1. The summed E-state index contributed by atoms with van der Waals surface area (Å²) in [6.07, 6.45) is 0. The van der Waals surface area contributed by atoms with Gasteiger partial charge >= 0.3 is 0 Å². The van der Waals surface area contributed by atoms with Crippen LogP contribution in [0.5, 0.6) is 0 Å². The Morgan fingerprint density at radius 1 is 1.05 bits per heavy atom. The van der Waals surface area contributed by atoms with E-state index in [1.807, 2.05) is 58.3 Å². The normalized spacial score (nSPS) is 10.3. The average Bonchev–Trinajstić information content (AvgIpc) is 2.47. The molecular formula is C18H22N2O. The first-order valence-corrected chi connectivity index (χ1v) is 7.09. The number of aryl methyl sites for hydroxylation is 2. The van der Waals surface area contributed by atoms with Crippen molar-refractivity contribution in [2.75, 3.05) is 19.0 Å². The van der Waals surface area contributed by atoms with E-state index in [9.17, 15) is 4.79 Å². The Morgan fingerprint density at radius 3 is 2.33 bits per heavy atom. The summed E-state index contributed by atoms with van der Waals surface area (Å²) >= 11 is 0. The first-order chi connectivity index (χ1) is 9.97. The third-order valence-electron chi connectivity index (χ3n) is 3.54. The van der Waals surface area contributed by atoms with Gasteiger partial charge in [0.25, 0.3) is 5.91 Å². The number of amides is 1. The molecule has 0 radical (unpaired) electrons. The lowest BCUT2D eigenvalue weighted by atomic mass is 10.0. The van der Waals surface area contributed by atoms with E-state index >= 15 is 0 Å². The molecule has 0 bridgehead atoms. The van der Waals surface area contributed by atoms with Gasteiger partial charge in [-0.3, -0.25) is 4.79 Å². The Bertz CT molecular complexity index is 630. The minimum absolute atomic E-state index is 0.0205. The molecule has 3 heteroatoms. The maximum absolute atomic E-state index is 12.2. The van der Waals surface area contributed by atoms with E-state index in [0.29, 0.717) is 6.54 Å². The number of carbonyl (C=O) groups is 1. The number of hydrogen-bond acceptors (Lipinski definition) is 2. The fourth-order valence-electron chi connectivity index (χ4n) is 2.17. The molecule has 0 heterocycles. The van der Waals surface area contributed by atoms with Crippen molar-refractivity contribution in [3.63, 3.8) is 0 Å². The van der Waals surface area contributed by atoms with Crippen LogP contribution < -0.4 is 10.2 Å². The minimum atomic E-state index is -0.0205. The molecule has 2 aromatic carbocycles. The summed E-state index contributed by atoms with van der Waals surface area (Å²) in [7, 11) is 4.02. The van der Waals surface area contributed by atoms with E-state index in [1.54, 1.807) is 0 Å². The second-order valence-corrected chi connectivity index (χ2v) is 5.56. The standard InChI is InChI=1S/C18H22N2O/c1-13-5-6-14(2)17(11-13)18(21)19-12-15-7-9-16(10-8-15)20(3)4/h5-11H,12H2,1-4H3,(H,19,21). The number of rotatable bonds is 4. The van der Waals surface area contributed by atoms with Crippen molar-refractivity contribution in [1.29, 1.82) is 0 Å². The predicted octanol–water partition coefficient (Wildman–Crippen LogP) is 3.30. The van der Waals surface area contributed by atoms with Crippen LogP contribution >= 0.6 is 0 Å². The maximum Gasteiger partial charge on any atom is 0.251 e. The Kier molecular flexibility index (Phi) is 4.63. The summed E-state index contributed by atoms with van der Waals surface area (Å²) in [4.78, 5) is 14.3. The molecule has 0 aromatic heterocycles. The van der Waals surface area contributed by atoms with Crippen LogP contribution in [0.2, 0.25) is 0 Å². The molecule has 110 valence electrons. The molecule has 0 aliphatic carbocycles. The Morgan fingerprint density at radius 2 is 1.71 bits per heavy atom. The fraction of sp³-hybridized carbons (Fsp3) is 0.278. The van der Waals surface area contributed by atoms with E-state index in [0.717, 1.165) is 27.9 Å². The third-order valence-corrected chi connectivity index (χ3v) is 3.54. The number of hydrogen-bond donors (Lipinski definition) is 1. The fourth-order valence-corrected chi connectivity index (χ4v) is 2.17. The van der Waals surface area contributed by atoms with Gasteiger partial charge in [-0.25, -0.2) is 0 Å². The van der Waals surface area contributed by atoms with E-state index in [4.69, 9.17) is 0 Å². The van der Waals surface area contributed by atoms with E-state index in [2.05, 4.69) is 22.3 Å². The Labute approximate surface area is 126 Å². The molecule has 0 aliphatic rings. The first kappa shape index (κ1) is 15.1. The van der Waals surface area contributed by atoms with Gasteiger partial charge in [-0.2, -0.15) is 0 Å². The lowest BCUT2D eigenvalue weighted by molar-refractivity contribution is 0.0950. The van der Waals surface area contributed by atoms with Crippen LogP contribution in [0.25, 0.3) is 0 Å². The van der Waals surface area contributed by atoms with Crippen molar-refractivity contribution in [2.45, 2.75) is 20.4 Å². The van der Waals surface area contributed by atoms with Gasteiger partial charge in [-0.15, -0.1) is 0 Å². The molecule has 2 aromatic rings. The molecule has 21 heavy (non-hydrogen) atoms. The topological polar surface area (TPSA) is 32.3 Å². The molecule has 3 nitrogen and oxygen atoms in total. The quantitative estimate of drug-likeness (QED) is 0.933. The SMILES string of the molecule is Cc1ccc(C)c(C(=O)NCc2ccc(N(C)C)cc2)c1. The van der Waals surface area contributed by atoms with Crippen molar-refractivity contribution in [3.05, 3.63) is 64.7 Å². The minimum Gasteiger partial charge on any atom is -0.378 e. The van der Waals surface area contributed by atoms with Crippen LogP contribution in [0.1, 0.15) is 27.0 Å². The van der Waals surface area contributed by atoms with E-state index in [-0.39, 0.29) is 5.91 Å². The summed E-state index contributed by atoms with van der Waals surface area (Å²) < 4.78 is 0. The average molecular weight is 282 g/mol. The van der Waals surface area contributed by atoms with Gasteiger partial charge in [-0.1, -0.05) is 29.8 Å². The van der Waals surface area contributed by atoms with E-state index < -0.39 is 0 Å². The van der Waals surface area contributed by atoms with Gasteiger partial charge in [0.05, 0.1) is 0 Å². The monoisotopic (exact) mass is 282 g/mol. The van der Waals surface area contributed by atoms with Crippen molar-refractivity contribution in [3.8, 4) is 0 Å². The zero-order chi connectivity index (χ0) is 15.4. The number of nitrogens with one attached hydrogen (secondary N) is 1. The molecule has 0 atom stereocenters. The lowest BCUT2D eigenvalue weighted by Crippen LogP contribution is -2.23. The summed E-state index contributed by atoms with van der Waals surface area (Å²) in [6, 6.07) is 14.1. The van der Waals surface area contributed by atoms with Gasteiger partial charge in [0, 0.05) is 31.9 Å². The number of nitrogens with zero attached hydrogens (tertiary/aromatic N) is 1. The number of benzene rings is 2. The van der Waals surface area contributed by atoms with Crippen LogP contribution in [0.4, 0.5) is 5.69 Å². The summed E-state index contributed by atoms with van der Waals surface area (Å²) in [5.41, 5.74) is 5.10. The summed E-state index contributed by atoms with van der Waals surface area (Å²) in [6.45, 7) is 4.50. The summed E-state index contributed by atoms with van der Waals surface area (Å²) in [5.74, 6) is -0.0205. The van der Waals surface area contributed by atoms with Gasteiger partial charge in [0.1, 0.15) is 0 Å². The number of anilines is 1. The van der Waals surface area contributed by atoms with Crippen molar-refractivity contribution < 1.29 is 4.79 Å². The Balaban J connectivity index is 2.02. The smallest absolute Gasteiger partial charge is 0.251 e. The molecule has 0 fully saturated rings. The molecule has 0 unspecified atom stereocenters. The molecule has 0 saturated heterocycles. The van der Waals surface area contributed by atoms with Crippen molar-refractivity contribution >= 4 is 11.6 Å².